The monoisotopic (exact) mass is 287 g/mol. The van der Waals surface area contributed by atoms with E-state index in [0.717, 1.165) is 0 Å². The van der Waals surface area contributed by atoms with Gasteiger partial charge in [-0.3, -0.25) is 9.36 Å². The van der Waals surface area contributed by atoms with Crippen LogP contribution in [0.2, 0.25) is 0 Å². The Kier molecular flexibility index (Phi) is 5.42. The third-order valence-electron chi connectivity index (χ3n) is 2.25. The van der Waals surface area contributed by atoms with Crippen molar-refractivity contribution in [1.29, 1.82) is 0 Å². The number of hydrogen-bond acceptors (Lipinski definition) is 4. The molecule has 19 heavy (non-hydrogen) atoms. The maximum atomic E-state index is 12.8. The zero-order valence-electron chi connectivity index (χ0n) is 10.8. The zero-order chi connectivity index (χ0) is 14.5. The quantitative estimate of drug-likeness (QED) is 0.846. The number of benzene rings is 1. The Morgan fingerprint density at radius 1 is 1.26 bits per heavy atom. The number of rotatable bonds is 5. The molecule has 0 saturated heterocycles. The fraction of sp³-hybridized carbons (Fsp3) is 0.250. The molecule has 5 nitrogen and oxygen atoms in total. The predicted molar refractivity (Wildman–Crippen MR) is 69.8 cm³/mol. The molecule has 7 heteroatoms. The van der Waals surface area contributed by atoms with Crippen molar-refractivity contribution in [1.82, 2.24) is 5.32 Å². The highest BCUT2D eigenvalue weighted by atomic mass is 31.2. The first-order valence-corrected chi connectivity index (χ1v) is 6.92. The van der Waals surface area contributed by atoms with Crippen molar-refractivity contribution < 1.29 is 22.8 Å². The highest BCUT2D eigenvalue weighted by Crippen LogP contribution is 2.53. The summed E-state index contributed by atoms with van der Waals surface area (Å²) in [4.78, 5) is 11.1. The standard InChI is InChI=1S/C12H15FNO4P/c1-9(15)14-12(19(16,17-2)18-3)8-10-4-6-11(13)7-5-10/h4-8H,1-3H3,(H,14,15)/b12-8+. The normalized spacial score (nSPS) is 12.3. The fourth-order valence-electron chi connectivity index (χ4n) is 1.35. The van der Waals surface area contributed by atoms with Crippen molar-refractivity contribution in [3.8, 4) is 0 Å². The van der Waals surface area contributed by atoms with Gasteiger partial charge in [-0.05, 0) is 23.8 Å². The molecule has 0 aliphatic carbocycles. The number of hydrogen-bond donors (Lipinski definition) is 1. The Hall–Kier alpha value is -1.49. The molecule has 0 aliphatic rings. The SMILES string of the molecule is COP(=O)(OC)/C(=C/c1ccc(F)cc1)NC(C)=O. The smallest absolute Gasteiger partial charge is 0.320 e. The molecule has 1 aromatic carbocycles. The Morgan fingerprint density at radius 3 is 2.21 bits per heavy atom. The van der Waals surface area contributed by atoms with E-state index < -0.39 is 13.5 Å². The molecular formula is C12H15FNO4P. The van der Waals surface area contributed by atoms with Gasteiger partial charge in [-0.1, -0.05) is 12.1 Å². The van der Waals surface area contributed by atoms with E-state index in [-0.39, 0.29) is 11.3 Å². The number of nitrogens with one attached hydrogen (secondary N) is 1. The molecule has 0 unspecified atom stereocenters. The van der Waals surface area contributed by atoms with E-state index in [2.05, 4.69) is 5.32 Å². The maximum Gasteiger partial charge on any atom is 0.376 e. The summed E-state index contributed by atoms with van der Waals surface area (Å²) in [5, 5.41) is 2.40. The molecule has 104 valence electrons. The van der Waals surface area contributed by atoms with Gasteiger partial charge >= 0.3 is 7.60 Å². The molecule has 0 heterocycles. The van der Waals surface area contributed by atoms with Crippen LogP contribution < -0.4 is 5.32 Å². The molecule has 0 spiro atoms. The summed E-state index contributed by atoms with van der Waals surface area (Å²) >= 11 is 0. The number of halogens is 1. The average Bonchev–Trinajstić information content (AvgIpc) is 2.39. The van der Waals surface area contributed by atoms with Crippen LogP contribution in [-0.4, -0.2) is 20.1 Å². The van der Waals surface area contributed by atoms with Crippen molar-refractivity contribution >= 4 is 19.6 Å². The van der Waals surface area contributed by atoms with E-state index >= 15 is 0 Å². The molecule has 0 atom stereocenters. The van der Waals surface area contributed by atoms with Crippen LogP contribution in [0.1, 0.15) is 12.5 Å². The van der Waals surface area contributed by atoms with Gasteiger partial charge in [-0.2, -0.15) is 0 Å². The number of carbonyl (C=O) groups excluding carboxylic acids is 1. The third-order valence-corrected chi connectivity index (χ3v) is 4.05. The minimum absolute atomic E-state index is 0.00314. The first kappa shape index (κ1) is 15.6. The summed E-state index contributed by atoms with van der Waals surface area (Å²) in [7, 11) is -1.16. The fourth-order valence-corrected chi connectivity index (χ4v) is 2.50. The van der Waals surface area contributed by atoms with E-state index in [1.807, 2.05) is 0 Å². The van der Waals surface area contributed by atoms with Crippen molar-refractivity contribution in [3.05, 3.63) is 41.1 Å². The molecule has 1 N–H and O–H groups in total. The summed E-state index contributed by atoms with van der Waals surface area (Å²) in [6.07, 6.45) is 1.41. The lowest BCUT2D eigenvalue weighted by Gasteiger charge is -2.17. The van der Waals surface area contributed by atoms with Crippen molar-refractivity contribution in [2.24, 2.45) is 0 Å². The van der Waals surface area contributed by atoms with Gasteiger partial charge in [0.05, 0.1) is 0 Å². The van der Waals surface area contributed by atoms with Crippen molar-refractivity contribution in [2.75, 3.05) is 14.2 Å². The molecule has 1 amide bonds. The highest BCUT2D eigenvalue weighted by Gasteiger charge is 2.28. The van der Waals surface area contributed by atoms with E-state index in [4.69, 9.17) is 9.05 Å². The van der Waals surface area contributed by atoms with Gasteiger partial charge in [0, 0.05) is 21.1 Å². The summed E-state index contributed by atoms with van der Waals surface area (Å²) in [5.41, 5.74) is 0.552. The van der Waals surface area contributed by atoms with Crippen LogP contribution in [0, 0.1) is 5.82 Å². The van der Waals surface area contributed by atoms with E-state index in [1.165, 1.54) is 51.5 Å². The van der Waals surface area contributed by atoms with Crippen LogP contribution in [0.25, 0.3) is 6.08 Å². The molecule has 0 radical (unpaired) electrons. The lowest BCUT2D eigenvalue weighted by molar-refractivity contribution is -0.118. The van der Waals surface area contributed by atoms with Gasteiger partial charge in [0.1, 0.15) is 11.3 Å². The predicted octanol–water partition coefficient (Wildman–Crippen LogP) is 2.75. The van der Waals surface area contributed by atoms with Gasteiger partial charge in [-0.15, -0.1) is 0 Å². The summed E-state index contributed by atoms with van der Waals surface area (Å²) in [6.45, 7) is 1.27. The minimum Gasteiger partial charge on any atom is -0.320 e. The summed E-state index contributed by atoms with van der Waals surface area (Å²) in [5.74, 6) is -0.803. The Labute approximate surface area is 110 Å². The molecule has 0 aliphatic heterocycles. The molecule has 1 aromatic rings. The summed E-state index contributed by atoms with van der Waals surface area (Å²) < 4.78 is 34.7. The first-order chi connectivity index (χ1) is 8.91. The molecule has 1 rings (SSSR count). The second kappa shape index (κ2) is 6.61. The highest BCUT2D eigenvalue weighted by molar-refractivity contribution is 7.58. The van der Waals surface area contributed by atoms with Crippen molar-refractivity contribution in [2.45, 2.75) is 6.92 Å². The Morgan fingerprint density at radius 2 is 1.79 bits per heavy atom. The average molecular weight is 287 g/mol. The van der Waals surface area contributed by atoms with Gasteiger partial charge in [0.2, 0.25) is 5.91 Å². The topological polar surface area (TPSA) is 64.6 Å². The largest absolute Gasteiger partial charge is 0.376 e. The molecular weight excluding hydrogens is 272 g/mol. The van der Waals surface area contributed by atoms with E-state index in [9.17, 15) is 13.8 Å². The minimum atomic E-state index is -3.59. The number of carbonyl (C=O) groups is 1. The molecule has 0 saturated carbocycles. The van der Waals surface area contributed by atoms with Crippen LogP contribution in [0.5, 0.6) is 0 Å². The number of amides is 1. The van der Waals surface area contributed by atoms with E-state index in [1.54, 1.807) is 0 Å². The lowest BCUT2D eigenvalue weighted by atomic mass is 10.2. The van der Waals surface area contributed by atoms with Gasteiger partial charge in [0.25, 0.3) is 0 Å². The molecule has 0 aromatic heterocycles. The van der Waals surface area contributed by atoms with Crippen LogP contribution in [0.3, 0.4) is 0 Å². The summed E-state index contributed by atoms with van der Waals surface area (Å²) in [6, 6.07) is 5.46. The van der Waals surface area contributed by atoms with Gasteiger partial charge < -0.3 is 14.4 Å². The lowest BCUT2D eigenvalue weighted by Crippen LogP contribution is -2.20. The van der Waals surface area contributed by atoms with Gasteiger partial charge in [0.15, 0.2) is 0 Å². The third kappa shape index (κ3) is 4.28. The van der Waals surface area contributed by atoms with Crippen LogP contribution >= 0.6 is 7.60 Å². The van der Waals surface area contributed by atoms with E-state index in [0.29, 0.717) is 5.56 Å². The zero-order valence-corrected chi connectivity index (χ0v) is 11.7. The van der Waals surface area contributed by atoms with Crippen molar-refractivity contribution in [3.63, 3.8) is 0 Å². The molecule has 0 bridgehead atoms. The Balaban J connectivity index is 3.19. The first-order valence-electron chi connectivity index (χ1n) is 5.38. The second-order valence-corrected chi connectivity index (χ2v) is 5.83. The van der Waals surface area contributed by atoms with Crippen LogP contribution in [0.15, 0.2) is 29.7 Å². The van der Waals surface area contributed by atoms with Crippen LogP contribution in [0.4, 0.5) is 4.39 Å². The second-order valence-electron chi connectivity index (χ2n) is 3.62. The molecule has 0 fully saturated rings. The maximum absolute atomic E-state index is 12.8. The Bertz CT molecular complexity index is 519. The van der Waals surface area contributed by atoms with Gasteiger partial charge in [-0.25, -0.2) is 4.39 Å². The van der Waals surface area contributed by atoms with Crippen LogP contribution in [-0.2, 0) is 18.4 Å².